The molecular weight excluding hydrogens is 212 g/mol. The Kier molecular flexibility index (Phi) is 5.33. The van der Waals surface area contributed by atoms with Crippen LogP contribution in [-0.2, 0) is 0 Å². The van der Waals surface area contributed by atoms with Crippen molar-refractivity contribution in [1.29, 1.82) is 0 Å². The van der Waals surface area contributed by atoms with E-state index in [1.807, 2.05) is 30.3 Å². The molecule has 0 aromatic heterocycles. The second kappa shape index (κ2) is 7.30. The zero-order valence-corrected chi connectivity index (χ0v) is 10.3. The van der Waals surface area contributed by atoms with Gasteiger partial charge in [0.2, 0.25) is 0 Å². The molecule has 1 aliphatic rings. The largest absolute Gasteiger partial charge is 0.494 e. The summed E-state index contributed by atoms with van der Waals surface area (Å²) in [6.07, 6.45) is 3.65. The number of rotatable bonds is 6. The van der Waals surface area contributed by atoms with E-state index in [-0.39, 0.29) is 0 Å². The first kappa shape index (κ1) is 12.4. The second-order valence-electron chi connectivity index (χ2n) is 4.51. The first-order valence-corrected chi connectivity index (χ1v) is 6.57. The average molecular weight is 234 g/mol. The smallest absolute Gasteiger partial charge is 0.119 e. The van der Waals surface area contributed by atoms with Crippen LogP contribution < -0.4 is 15.4 Å². The fourth-order valence-corrected chi connectivity index (χ4v) is 2.11. The van der Waals surface area contributed by atoms with E-state index in [4.69, 9.17) is 4.74 Å². The summed E-state index contributed by atoms with van der Waals surface area (Å²) in [5.41, 5.74) is 0. The minimum absolute atomic E-state index is 0.653. The highest BCUT2D eigenvalue weighted by Gasteiger charge is 2.10. The van der Waals surface area contributed by atoms with Crippen LogP contribution >= 0.6 is 0 Å². The lowest BCUT2D eigenvalue weighted by atomic mass is 10.1. The highest BCUT2D eigenvalue weighted by Crippen LogP contribution is 2.08. The second-order valence-corrected chi connectivity index (χ2v) is 4.51. The molecule has 0 bridgehead atoms. The van der Waals surface area contributed by atoms with Crippen LogP contribution in [0.25, 0.3) is 0 Å². The van der Waals surface area contributed by atoms with E-state index in [0.717, 1.165) is 31.9 Å². The van der Waals surface area contributed by atoms with Crippen LogP contribution in [0.3, 0.4) is 0 Å². The van der Waals surface area contributed by atoms with E-state index >= 15 is 0 Å². The highest BCUT2D eigenvalue weighted by atomic mass is 16.5. The van der Waals surface area contributed by atoms with E-state index in [2.05, 4.69) is 10.6 Å². The molecule has 1 aromatic carbocycles. The average Bonchev–Trinajstić information content (AvgIpc) is 2.41. The lowest BCUT2D eigenvalue weighted by Gasteiger charge is -2.23. The Balaban J connectivity index is 1.51. The molecule has 1 atom stereocenters. The topological polar surface area (TPSA) is 33.3 Å². The Hall–Kier alpha value is -1.06. The Morgan fingerprint density at radius 2 is 2.18 bits per heavy atom. The summed E-state index contributed by atoms with van der Waals surface area (Å²) in [6.45, 7) is 4.12. The molecule has 0 amide bonds. The van der Waals surface area contributed by atoms with Crippen LogP contribution in [-0.4, -0.2) is 32.3 Å². The monoisotopic (exact) mass is 234 g/mol. The molecule has 0 spiro atoms. The summed E-state index contributed by atoms with van der Waals surface area (Å²) >= 11 is 0. The van der Waals surface area contributed by atoms with Crippen LogP contribution in [0.4, 0.5) is 0 Å². The Bertz CT molecular complexity index is 296. The van der Waals surface area contributed by atoms with Crippen molar-refractivity contribution < 1.29 is 4.74 Å². The Morgan fingerprint density at radius 1 is 1.29 bits per heavy atom. The van der Waals surface area contributed by atoms with Gasteiger partial charge in [0.05, 0.1) is 6.61 Å². The molecule has 2 N–H and O–H groups in total. The van der Waals surface area contributed by atoms with Crippen LogP contribution in [0.1, 0.15) is 19.3 Å². The van der Waals surface area contributed by atoms with Crippen molar-refractivity contribution in [3.05, 3.63) is 30.3 Å². The van der Waals surface area contributed by atoms with Gasteiger partial charge in [-0.25, -0.2) is 0 Å². The molecular formula is C14H22N2O. The van der Waals surface area contributed by atoms with Crippen molar-refractivity contribution in [3.8, 4) is 5.75 Å². The fraction of sp³-hybridized carbons (Fsp3) is 0.571. The zero-order chi connectivity index (χ0) is 11.8. The predicted molar refractivity (Wildman–Crippen MR) is 70.4 cm³/mol. The fourth-order valence-electron chi connectivity index (χ4n) is 2.11. The summed E-state index contributed by atoms with van der Waals surface area (Å²) in [4.78, 5) is 0. The van der Waals surface area contributed by atoms with E-state index in [0.29, 0.717) is 6.04 Å². The van der Waals surface area contributed by atoms with E-state index in [9.17, 15) is 0 Å². The molecule has 1 fully saturated rings. The van der Waals surface area contributed by atoms with E-state index in [1.165, 1.54) is 19.4 Å². The summed E-state index contributed by atoms with van der Waals surface area (Å²) < 4.78 is 5.64. The molecule has 17 heavy (non-hydrogen) atoms. The first-order valence-electron chi connectivity index (χ1n) is 6.57. The van der Waals surface area contributed by atoms with Gasteiger partial charge in [0, 0.05) is 12.6 Å². The predicted octanol–water partition coefficient (Wildman–Crippen LogP) is 1.80. The molecule has 2 rings (SSSR count). The Labute approximate surface area is 104 Å². The standard InChI is InChI=1S/C14H22N2O/c1-2-7-14(8-3-1)17-11-5-10-16-13-6-4-9-15-12-13/h1-3,7-8,13,15-16H,4-6,9-12H2/t13-/m0/s1. The summed E-state index contributed by atoms with van der Waals surface area (Å²) in [6, 6.07) is 10.7. The normalized spacial score (nSPS) is 20.1. The number of piperidine rings is 1. The van der Waals surface area contributed by atoms with Crippen molar-refractivity contribution in [2.45, 2.75) is 25.3 Å². The minimum atomic E-state index is 0.653. The molecule has 0 aliphatic carbocycles. The van der Waals surface area contributed by atoms with Gasteiger partial charge in [-0.1, -0.05) is 18.2 Å². The quantitative estimate of drug-likeness (QED) is 0.736. The van der Waals surface area contributed by atoms with Gasteiger partial charge in [0.15, 0.2) is 0 Å². The SMILES string of the molecule is c1ccc(OCCCN[C@H]2CCCNC2)cc1. The summed E-state index contributed by atoms with van der Waals surface area (Å²) in [7, 11) is 0. The van der Waals surface area contributed by atoms with Gasteiger partial charge < -0.3 is 15.4 Å². The van der Waals surface area contributed by atoms with Crippen molar-refractivity contribution in [3.63, 3.8) is 0 Å². The van der Waals surface area contributed by atoms with Gasteiger partial charge in [0.25, 0.3) is 0 Å². The summed E-state index contributed by atoms with van der Waals surface area (Å²) in [5, 5.41) is 6.97. The first-order chi connectivity index (χ1) is 8.45. The number of ether oxygens (including phenoxy) is 1. The molecule has 94 valence electrons. The van der Waals surface area contributed by atoms with Crippen LogP contribution in [0.2, 0.25) is 0 Å². The van der Waals surface area contributed by atoms with E-state index in [1.54, 1.807) is 0 Å². The maximum atomic E-state index is 5.64. The number of hydrogen-bond acceptors (Lipinski definition) is 3. The van der Waals surface area contributed by atoms with Gasteiger partial charge in [-0.3, -0.25) is 0 Å². The Morgan fingerprint density at radius 3 is 2.94 bits per heavy atom. The lowest BCUT2D eigenvalue weighted by molar-refractivity contribution is 0.299. The molecule has 1 aromatic rings. The molecule has 3 nitrogen and oxygen atoms in total. The van der Waals surface area contributed by atoms with Crippen molar-refractivity contribution >= 4 is 0 Å². The van der Waals surface area contributed by atoms with Gasteiger partial charge in [-0.15, -0.1) is 0 Å². The molecule has 0 radical (unpaired) electrons. The zero-order valence-electron chi connectivity index (χ0n) is 10.3. The molecule has 3 heteroatoms. The third-order valence-electron chi connectivity index (χ3n) is 3.06. The molecule has 1 heterocycles. The van der Waals surface area contributed by atoms with Gasteiger partial charge in [-0.2, -0.15) is 0 Å². The maximum absolute atomic E-state index is 5.64. The van der Waals surface area contributed by atoms with Gasteiger partial charge in [0.1, 0.15) is 5.75 Å². The number of hydrogen-bond donors (Lipinski definition) is 2. The van der Waals surface area contributed by atoms with Crippen LogP contribution in [0.15, 0.2) is 30.3 Å². The van der Waals surface area contributed by atoms with Crippen molar-refractivity contribution in [2.24, 2.45) is 0 Å². The number of benzene rings is 1. The third-order valence-corrected chi connectivity index (χ3v) is 3.06. The molecule has 1 aliphatic heterocycles. The molecule has 0 unspecified atom stereocenters. The maximum Gasteiger partial charge on any atom is 0.119 e. The third kappa shape index (κ3) is 4.75. The van der Waals surface area contributed by atoms with E-state index < -0.39 is 0 Å². The van der Waals surface area contributed by atoms with Crippen molar-refractivity contribution in [2.75, 3.05) is 26.2 Å². The molecule has 0 saturated carbocycles. The van der Waals surface area contributed by atoms with Crippen molar-refractivity contribution in [1.82, 2.24) is 10.6 Å². The number of para-hydroxylation sites is 1. The highest BCUT2D eigenvalue weighted by molar-refractivity contribution is 5.20. The lowest BCUT2D eigenvalue weighted by Crippen LogP contribution is -2.43. The van der Waals surface area contributed by atoms with Gasteiger partial charge >= 0.3 is 0 Å². The number of nitrogens with one attached hydrogen (secondary N) is 2. The summed E-state index contributed by atoms with van der Waals surface area (Å²) in [5.74, 6) is 0.965. The van der Waals surface area contributed by atoms with Gasteiger partial charge in [-0.05, 0) is 44.5 Å². The minimum Gasteiger partial charge on any atom is -0.494 e. The van der Waals surface area contributed by atoms with Crippen LogP contribution in [0.5, 0.6) is 5.75 Å². The van der Waals surface area contributed by atoms with Crippen LogP contribution in [0, 0.1) is 0 Å². The molecule has 1 saturated heterocycles.